The molecule has 0 radical (unpaired) electrons. The Bertz CT molecular complexity index is 2760. The number of allylic oxidation sites excluding steroid dienone is 8. The van der Waals surface area contributed by atoms with Crippen LogP contribution in [0.15, 0.2) is 120 Å². The summed E-state index contributed by atoms with van der Waals surface area (Å²) in [5.41, 5.74) is 9.66. The molecule has 0 bridgehead atoms. The number of benzene rings is 4. The van der Waals surface area contributed by atoms with Crippen molar-refractivity contribution in [2.75, 3.05) is 67.2 Å². The van der Waals surface area contributed by atoms with Gasteiger partial charge in [0.05, 0.1) is 31.2 Å². The maximum Gasteiger partial charge on any atom is 0.410 e. The van der Waals surface area contributed by atoms with Crippen LogP contribution in [0.2, 0.25) is 0 Å². The number of nitrogens with zero attached hydrogens (tertiary/aromatic N) is 4. The molecule has 1 saturated heterocycles. The van der Waals surface area contributed by atoms with Gasteiger partial charge in [-0.2, -0.15) is 16.8 Å². The summed E-state index contributed by atoms with van der Waals surface area (Å²) in [6.07, 6.45) is 12.2. The summed E-state index contributed by atoms with van der Waals surface area (Å²) in [7, 11) is -8.15. The van der Waals surface area contributed by atoms with Gasteiger partial charge in [0.25, 0.3) is 20.2 Å². The third-order valence-electron chi connectivity index (χ3n) is 13.9. The Labute approximate surface area is 390 Å². The van der Waals surface area contributed by atoms with Crippen LogP contribution < -0.4 is 9.80 Å². The molecule has 14 heteroatoms. The minimum absolute atomic E-state index is 0.281. The van der Waals surface area contributed by atoms with Crippen molar-refractivity contribution in [2.45, 2.75) is 84.0 Å². The normalized spacial score (nSPS) is 20.7. The highest BCUT2D eigenvalue weighted by Crippen LogP contribution is 2.52. The molecule has 4 aromatic rings. The van der Waals surface area contributed by atoms with Crippen molar-refractivity contribution in [3.8, 4) is 0 Å². The lowest BCUT2D eigenvalue weighted by molar-refractivity contribution is -0.537. The van der Waals surface area contributed by atoms with E-state index >= 15 is 0 Å². The number of hydrogen-bond donors (Lipinski definition) is 2. The molecule has 2 fully saturated rings. The van der Waals surface area contributed by atoms with Crippen molar-refractivity contribution in [2.24, 2.45) is 0 Å². The fourth-order valence-corrected chi connectivity index (χ4v) is 11.9. The predicted molar refractivity (Wildman–Crippen MR) is 265 cm³/mol. The van der Waals surface area contributed by atoms with Crippen LogP contribution >= 0.6 is 0 Å². The third-order valence-corrected chi connectivity index (χ3v) is 15.5. The average molecular weight is 936 g/mol. The molecule has 1 aliphatic carbocycles. The van der Waals surface area contributed by atoms with E-state index in [0.29, 0.717) is 71.6 Å². The molecule has 4 aliphatic rings. The molecule has 8 rings (SSSR count). The summed E-state index contributed by atoms with van der Waals surface area (Å²) in [5, 5.41) is 4.68. The smallest absolute Gasteiger partial charge is 0.410 e. The van der Waals surface area contributed by atoms with E-state index in [1.807, 2.05) is 6.92 Å². The van der Waals surface area contributed by atoms with Crippen LogP contribution in [0.3, 0.4) is 0 Å². The van der Waals surface area contributed by atoms with Gasteiger partial charge in [-0.15, -0.1) is 0 Å². The second kappa shape index (κ2) is 18.8. The molecule has 0 aromatic heterocycles. The van der Waals surface area contributed by atoms with Crippen LogP contribution in [0.25, 0.3) is 21.5 Å². The van der Waals surface area contributed by atoms with Crippen molar-refractivity contribution >= 4 is 65.0 Å². The largest absolute Gasteiger partial charge is 0.450 e. The maximum atomic E-state index is 12.8. The Kier molecular flexibility index (Phi) is 13.4. The molecule has 12 nitrogen and oxygen atoms in total. The van der Waals surface area contributed by atoms with Gasteiger partial charge >= 0.3 is 6.09 Å². The highest BCUT2D eigenvalue weighted by molar-refractivity contribution is 7.86. The minimum Gasteiger partial charge on any atom is -0.450 e. The van der Waals surface area contributed by atoms with E-state index in [-0.39, 0.29) is 28.4 Å². The van der Waals surface area contributed by atoms with E-state index in [1.165, 1.54) is 33.0 Å². The summed E-state index contributed by atoms with van der Waals surface area (Å²) in [5.74, 6) is -0.562. The minimum atomic E-state index is -4.07. The van der Waals surface area contributed by atoms with Crippen LogP contribution in [0.5, 0.6) is 0 Å². The van der Waals surface area contributed by atoms with Crippen LogP contribution in [-0.4, -0.2) is 105 Å². The summed E-state index contributed by atoms with van der Waals surface area (Å²) < 4.78 is 73.4. The number of amides is 1. The molecule has 66 heavy (non-hydrogen) atoms. The molecule has 1 saturated carbocycles. The molecule has 4 aromatic carbocycles. The van der Waals surface area contributed by atoms with Gasteiger partial charge in [0, 0.05) is 57.8 Å². The Balaban J connectivity index is 1.21. The van der Waals surface area contributed by atoms with Crippen LogP contribution in [0, 0.1) is 0 Å². The van der Waals surface area contributed by atoms with E-state index in [0.717, 1.165) is 52.1 Å². The number of carbonyl (C=O) groups is 1. The molecule has 3 aliphatic heterocycles. The topological polar surface area (TPSA) is 148 Å². The Morgan fingerprint density at radius 3 is 1.52 bits per heavy atom. The molecule has 3 heterocycles. The van der Waals surface area contributed by atoms with E-state index in [4.69, 9.17) is 4.74 Å². The maximum absolute atomic E-state index is 12.8. The number of fused-ring (bicyclic) bond motifs is 6. The monoisotopic (exact) mass is 935 g/mol. The second-order valence-corrected chi connectivity index (χ2v) is 22.1. The molecule has 2 N–H and O–H groups in total. The number of rotatable bonds is 13. The summed E-state index contributed by atoms with van der Waals surface area (Å²) in [4.78, 5) is 19.2. The predicted octanol–water partition coefficient (Wildman–Crippen LogP) is 9.56. The van der Waals surface area contributed by atoms with Gasteiger partial charge in [0.2, 0.25) is 5.71 Å². The highest BCUT2D eigenvalue weighted by atomic mass is 32.2. The van der Waals surface area contributed by atoms with Crippen molar-refractivity contribution in [1.29, 1.82) is 0 Å². The Morgan fingerprint density at radius 2 is 1.09 bits per heavy atom. The number of hydrogen-bond acceptors (Lipinski definition) is 8. The van der Waals surface area contributed by atoms with Gasteiger partial charge in [-0.25, -0.2) is 9.37 Å². The van der Waals surface area contributed by atoms with Crippen molar-refractivity contribution in [1.82, 2.24) is 4.90 Å². The van der Waals surface area contributed by atoms with Gasteiger partial charge in [0.1, 0.15) is 0 Å². The SMILES string of the molecule is CCOC(=O)N1CC[N+](=C2C(=CC=C3N(CCCCS(=O)(=O)O)c4ccc5ccccc5c4C3(C)C)CCC2=CC=C2N(CCCCS(=O)(=O)O)c3ccc4ccccc4c3C2(C)C)CC1. The van der Waals surface area contributed by atoms with Crippen molar-refractivity contribution in [3.05, 3.63) is 131 Å². The fraction of sp³-hybridized carbons (Fsp3) is 0.423. The summed E-state index contributed by atoms with van der Waals surface area (Å²) >= 11 is 0. The zero-order chi connectivity index (χ0) is 47.0. The lowest BCUT2D eigenvalue weighted by atomic mass is 9.81. The zero-order valence-electron chi connectivity index (χ0n) is 38.8. The van der Waals surface area contributed by atoms with E-state index in [1.54, 1.807) is 4.90 Å². The summed E-state index contributed by atoms with van der Waals surface area (Å²) in [6.45, 7) is 14.7. The number of ether oxygens (including phenoxy) is 1. The molecule has 1 amide bonds. The van der Waals surface area contributed by atoms with Crippen molar-refractivity contribution < 1.29 is 40.0 Å². The lowest BCUT2D eigenvalue weighted by Crippen LogP contribution is -2.47. The Hall–Kier alpha value is -5.28. The van der Waals surface area contributed by atoms with E-state index in [2.05, 4.69) is 139 Å². The first-order valence-electron chi connectivity index (χ1n) is 23.3. The first-order chi connectivity index (χ1) is 31.4. The summed E-state index contributed by atoms with van der Waals surface area (Å²) in [6, 6.07) is 25.5. The first-order valence-corrected chi connectivity index (χ1v) is 26.5. The molecule has 0 spiro atoms. The second-order valence-electron chi connectivity index (χ2n) is 18.9. The number of unbranched alkanes of at least 4 members (excludes halogenated alkanes) is 2. The van der Waals surface area contributed by atoms with Crippen LogP contribution in [-0.2, 0) is 35.8 Å². The molecular weight excluding hydrogens is 873 g/mol. The first kappa shape index (κ1) is 47.2. The van der Waals surface area contributed by atoms with E-state index < -0.39 is 20.2 Å². The zero-order valence-corrected chi connectivity index (χ0v) is 40.4. The third kappa shape index (κ3) is 9.60. The van der Waals surface area contributed by atoms with Gasteiger partial charge in [-0.05, 0) is 102 Å². The molecule has 0 unspecified atom stereocenters. The van der Waals surface area contributed by atoms with Gasteiger partial charge in [-0.3, -0.25) is 14.0 Å². The van der Waals surface area contributed by atoms with Crippen LogP contribution in [0.4, 0.5) is 16.2 Å². The quantitative estimate of drug-likeness (QED) is 0.0755. The average Bonchev–Trinajstić information content (AvgIpc) is 3.85. The number of piperazine rings is 1. The lowest BCUT2D eigenvalue weighted by Gasteiger charge is -2.27. The Morgan fingerprint density at radius 1 is 0.652 bits per heavy atom. The fourth-order valence-electron chi connectivity index (χ4n) is 10.8. The number of carbonyl (C=O) groups excluding carboxylic acids is 1. The van der Waals surface area contributed by atoms with Gasteiger partial charge in [0.15, 0.2) is 13.1 Å². The molecule has 0 atom stereocenters. The van der Waals surface area contributed by atoms with Gasteiger partial charge in [-0.1, -0.05) is 101 Å². The highest BCUT2D eigenvalue weighted by Gasteiger charge is 2.43. The van der Waals surface area contributed by atoms with Gasteiger partial charge < -0.3 is 14.5 Å². The van der Waals surface area contributed by atoms with Crippen molar-refractivity contribution in [3.63, 3.8) is 0 Å². The van der Waals surface area contributed by atoms with E-state index in [9.17, 15) is 30.7 Å². The molecule has 350 valence electrons. The molecular formula is C52H63N4O8S2+. The number of anilines is 2. The van der Waals surface area contributed by atoms with Crippen LogP contribution in [0.1, 0.15) is 84.3 Å². The standard InChI is InChI=1S/C52H62N4O8S2/c1-6-64-50(57)54-33-31-53(32-34-54)49-39(23-27-45-51(2,3)47-41-17-9-7-15-37(41)21-25-43(47)55(45)29-11-13-35-65(58,59)60)19-20-40(49)24-28-46-52(4,5)48-42-18-10-8-16-38(42)22-26-44(48)56(46)30-12-14-36-66(61,62)63/h7-10,15-18,21-28H,6,11-14,19-20,29-36H2,1-5H3,(H-,58,59,60,61,62,63)/p+1.